The van der Waals surface area contributed by atoms with Crippen molar-refractivity contribution in [3.05, 3.63) is 58.7 Å². The number of carbonyl (C=O) groups excluding carboxylic acids is 2. The molecule has 1 N–H and O–H groups in total. The van der Waals surface area contributed by atoms with E-state index in [1.165, 1.54) is 24.8 Å². The molecule has 0 saturated carbocycles. The van der Waals surface area contributed by atoms with Crippen LogP contribution in [0.15, 0.2) is 36.4 Å². The highest BCUT2D eigenvalue weighted by atomic mass is 16.5. The van der Waals surface area contributed by atoms with Gasteiger partial charge in [0.15, 0.2) is 0 Å². The fourth-order valence-corrected chi connectivity index (χ4v) is 5.56. The fourth-order valence-electron chi connectivity index (χ4n) is 5.56. The van der Waals surface area contributed by atoms with E-state index in [1.54, 1.807) is 6.92 Å². The van der Waals surface area contributed by atoms with Gasteiger partial charge in [0.1, 0.15) is 11.9 Å². The van der Waals surface area contributed by atoms with Gasteiger partial charge < -0.3 is 15.0 Å². The number of nitrogens with zero attached hydrogens (tertiary/aromatic N) is 2. The fraction of sp³-hybridized carbons (Fsp3) is 0.548. The van der Waals surface area contributed by atoms with Gasteiger partial charge in [0.05, 0.1) is 0 Å². The van der Waals surface area contributed by atoms with Gasteiger partial charge in [-0.2, -0.15) is 0 Å². The van der Waals surface area contributed by atoms with Crippen LogP contribution >= 0.6 is 0 Å². The molecule has 2 aromatic rings. The minimum absolute atomic E-state index is 0.0563. The van der Waals surface area contributed by atoms with Crippen LogP contribution in [0.25, 0.3) is 0 Å². The van der Waals surface area contributed by atoms with Gasteiger partial charge >= 0.3 is 0 Å². The summed E-state index contributed by atoms with van der Waals surface area (Å²) in [6.07, 6.45) is 6.86. The van der Waals surface area contributed by atoms with E-state index in [2.05, 4.69) is 37.1 Å². The van der Waals surface area contributed by atoms with Gasteiger partial charge in [-0.3, -0.25) is 14.5 Å². The van der Waals surface area contributed by atoms with Crippen LogP contribution in [-0.2, 0) is 24.3 Å². The Balaban J connectivity index is 1.55. The summed E-state index contributed by atoms with van der Waals surface area (Å²) in [7, 11) is 0. The van der Waals surface area contributed by atoms with Crippen molar-refractivity contribution in [1.82, 2.24) is 10.2 Å². The predicted molar refractivity (Wildman–Crippen MR) is 149 cm³/mol. The Morgan fingerprint density at radius 2 is 1.76 bits per heavy atom. The van der Waals surface area contributed by atoms with Crippen molar-refractivity contribution in [3.63, 3.8) is 0 Å². The molecule has 4 rings (SSSR count). The van der Waals surface area contributed by atoms with Crippen molar-refractivity contribution in [1.29, 1.82) is 0 Å². The second kappa shape index (κ2) is 12.6. The number of anilines is 1. The van der Waals surface area contributed by atoms with E-state index in [4.69, 9.17) is 4.74 Å². The summed E-state index contributed by atoms with van der Waals surface area (Å²) >= 11 is 0. The molecule has 0 radical (unpaired) electrons. The monoisotopic (exact) mass is 505 g/mol. The van der Waals surface area contributed by atoms with Crippen molar-refractivity contribution in [2.24, 2.45) is 5.92 Å². The molecule has 2 aliphatic heterocycles. The number of ether oxygens (including phenoxy) is 1. The van der Waals surface area contributed by atoms with Gasteiger partial charge in [0.25, 0.3) is 5.91 Å². The lowest BCUT2D eigenvalue weighted by Gasteiger charge is -2.30. The first kappa shape index (κ1) is 27.2. The number of hydrogen-bond donors (Lipinski definition) is 1. The first-order valence-corrected chi connectivity index (χ1v) is 14.0. The van der Waals surface area contributed by atoms with Crippen LogP contribution in [0.2, 0.25) is 0 Å². The Bertz CT molecular complexity index is 1100. The van der Waals surface area contributed by atoms with E-state index in [9.17, 15) is 9.59 Å². The number of amides is 2. The molecular formula is C31H43N3O3. The van der Waals surface area contributed by atoms with Crippen molar-refractivity contribution in [3.8, 4) is 5.75 Å². The summed E-state index contributed by atoms with van der Waals surface area (Å²) in [6, 6.07) is 12.0. The Morgan fingerprint density at radius 1 is 1.00 bits per heavy atom. The predicted octanol–water partition coefficient (Wildman–Crippen LogP) is 5.72. The number of nitrogens with one attached hydrogen (secondary N) is 1. The van der Waals surface area contributed by atoms with Crippen LogP contribution < -0.4 is 15.0 Å². The second-order valence-corrected chi connectivity index (χ2v) is 11.2. The van der Waals surface area contributed by atoms with Crippen LogP contribution in [0, 0.1) is 5.92 Å². The van der Waals surface area contributed by atoms with Crippen molar-refractivity contribution < 1.29 is 14.3 Å². The normalized spacial score (nSPS) is 18.8. The third kappa shape index (κ3) is 7.35. The van der Waals surface area contributed by atoms with Gasteiger partial charge in [-0.05, 0) is 73.2 Å². The zero-order chi connectivity index (χ0) is 26.4. The summed E-state index contributed by atoms with van der Waals surface area (Å²) in [5.41, 5.74) is 4.89. The van der Waals surface area contributed by atoms with Gasteiger partial charge in [0.2, 0.25) is 5.91 Å². The van der Waals surface area contributed by atoms with Crippen molar-refractivity contribution in [2.75, 3.05) is 24.5 Å². The van der Waals surface area contributed by atoms with Crippen LogP contribution in [0.3, 0.4) is 0 Å². The lowest BCUT2D eigenvalue weighted by Crippen LogP contribution is -2.34. The number of rotatable bonds is 5. The molecule has 0 saturated heterocycles. The quantitative estimate of drug-likeness (QED) is 0.565. The molecule has 6 heteroatoms. The number of fused-ring (bicyclic) bond motifs is 2. The maximum absolute atomic E-state index is 13.2. The van der Waals surface area contributed by atoms with Crippen LogP contribution in [0.5, 0.6) is 5.75 Å². The van der Waals surface area contributed by atoms with Gasteiger partial charge in [-0.1, -0.05) is 45.2 Å². The molecule has 2 aliphatic rings. The third-order valence-corrected chi connectivity index (χ3v) is 7.30. The standard InChI is InChI=1S/C31H43N3O3/c1-22(2)20-33-14-8-6-5-7-9-15-34(24(4)35)29-12-11-26(18-28(29)21-33)31(36)32-19-25-10-13-30-27(17-25)16-23(3)37-30/h10-13,17-18,22-23H,5-9,14-16,19-21H2,1-4H3,(H,32,36). The van der Waals surface area contributed by atoms with E-state index in [1.807, 2.05) is 35.2 Å². The second-order valence-electron chi connectivity index (χ2n) is 11.2. The maximum Gasteiger partial charge on any atom is 0.251 e. The summed E-state index contributed by atoms with van der Waals surface area (Å²) in [6.45, 7) is 12.2. The Hall–Kier alpha value is -2.86. The molecule has 0 spiro atoms. The molecule has 1 unspecified atom stereocenters. The van der Waals surface area contributed by atoms with Crippen LogP contribution in [-0.4, -0.2) is 42.5 Å². The van der Waals surface area contributed by atoms with Crippen molar-refractivity contribution in [2.45, 2.75) is 85.4 Å². The number of carbonyl (C=O) groups is 2. The van der Waals surface area contributed by atoms with Gasteiger partial charge in [-0.15, -0.1) is 0 Å². The highest BCUT2D eigenvalue weighted by molar-refractivity contribution is 5.97. The lowest BCUT2D eigenvalue weighted by molar-refractivity contribution is -0.116. The van der Waals surface area contributed by atoms with Crippen LogP contribution in [0.4, 0.5) is 5.69 Å². The molecule has 0 aromatic heterocycles. The molecule has 2 amide bonds. The molecule has 2 aromatic carbocycles. The number of hydrogen-bond acceptors (Lipinski definition) is 4. The average Bonchev–Trinajstić information content (AvgIpc) is 3.22. The summed E-state index contributed by atoms with van der Waals surface area (Å²) in [5.74, 6) is 1.46. The molecule has 0 fully saturated rings. The highest BCUT2D eigenvalue weighted by Crippen LogP contribution is 2.30. The largest absolute Gasteiger partial charge is 0.490 e. The third-order valence-electron chi connectivity index (χ3n) is 7.30. The topological polar surface area (TPSA) is 61.9 Å². The molecular weight excluding hydrogens is 462 g/mol. The zero-order valence-corrected chi connectivity index (χ0v) is 23.0. The minimum Gasteiger partial charge on any atom is -0.490 e. The van der Waals surface area contributed by atoms with Crippen LogP contribution in [0.1, 0.15) is 86.8 Å². The lowest BCUT2D eigenvalue weighted by atomic mass is 10.0. The molecule has 0 aliphatic carbocycles. The van der Waals surface area contributed by atoms with E-state index < -0.39 is 0 Å². The molecule has 6 nitrogen and oxygen atoms in total. The molecule has 37 heavy (non-hydrogen) atoms. The summed E-state index contributed by atoms with van der Waals surface area (Å²) in [4.78, 5) is 30.2. The Labute approximate surface area is 222 Å². The first-order chi connectivity index (χ1) is 17.8. The minimum atomic E-state index is -0.0937. The molecule has 2 heterocycles. The van der Waals surface area contributed by atoms with E-state index in [-0.39, 0.29) is 17.9 Å². The smallest absolute Gasteiger partial charge is 0.251 e. The van der Waals surface area contributed by atoms with E-state index >= 15 is 0 Å². The Morgan fingerprint density at radius 3 is 2.51 bits per heavy atom. The molecule has 1 atom stereocenters. The number of benzene rings is 2. The van der Waals surface area contributed by atoms with Gasteiger partial charge in [0, 0.05) is 50.8 Å². The summed E-state index contributed by atoms with van der Waals surface area (Å²) in [5, 5.41) is 3.10. The summed E-state index contributed by atoms with van der Waals surface area (Å²) < 4.78 is 5.80. The molecule has 200 valence electrons. The highest BCUT2D eigenvalue weighted by Gasteiger charge is 2.21. The SMILES string of the molecule is CC(=O)N1CCCCCCCN(CC(C)C)Cc2cc(C(=O)NCc3ccc4c(c3)CC(C)O4)ccc21. The maximum atomic E-state index is 13.2. The first-order valence-electron chi connectivity index (χ1n) is 14.0. The van der Waals surface area contributed by atoms with Crippen molar-refractivity contribution >= 4 is 17.5 Å². The van der Waals surface area contributed by atoms with Gasteiger partial charge in [-0.25, -0.2) is 0 Å². The molecule has 0 bridgehead atoms. The zero-order valence-electron chi connectivity index (χ0n) is 23.0. The average molecular weight is 506 g/mol. The van der Waals surface area contributed by atoms with E-state index in [0.717, 1.165) is 68.0 Å². The van der Waals surface area contributed by atoms with E-state index in [0.29, 0.717) is 18.0 Å². The Kier molecular flexibility index (Phi) is 9.25.